The molecule has 3 N–H and O–H groups in total. The van der Waals surface area contributed by atoms with E-state index in [-0.39, 0.29) is 11.7 Å². The molecule has 7 heteroatoms. The standard InChI is InChI=1S/C29H36N4O3/c34-27(7-1-4-20-12-16-36-17-13-20)22-5-2-6-24(18-22)32-26-11-10-23(19-25(26)21-8-9-21)28(35)33-29-30-14-3-15-31-29/h2,5-6,10-11,18-21,32H,1,3-4,7-9,12-17H2,(H2,30,31,33,35). The minimum absolute atomic E-state index is 0.148. The normalized spacial score (nSPS) is 18.2. The molecule has 2 fully saturated rings. The fraction of sp³-hybridized carbons (Fsp3) is 0.483. The molecule has 2 aliphatic heterocycles. The second-order valence-corrected chi connectivity index (χ2v) is 10.1. The van der Waals surface area contributed by atoms with Crippen molar-refractivity contribution >= 4 is 29.0 Å². The monoisotopic (exact) mass is 488 g/mol. The summed E-state index contributed by atoms with van der Waals surface area (Å²) in [4.78, 5) is 30.0. The van der Waals surface area contributed by atoms with Gasteiger partial charge in [0.05, 0.1) is 0 Å². The molecule has 0 atom stereocenters. The van der Waals surface area contributed by atoms with Gasteiger partial charge >= 0.3 is 0 Å². The lowest BCUT2D eigenvalue weighted by atomic mass is 9.93. The summed E-state index contributed by atoms with van der Waals surface area (Å²) in [5.74, 6) is 1.75. The highest BCUT2D eigenvalue weighted by Gasteiger charge is 2.27. The Morgan fingerprint density at radius 2 is 1.89 bits per heavy atom. The molecule has 0 radical (unpaired) electrons. The molecule has 0 bridgehead atoms. The van der Waals surface area contributed by atoms with Gasteiger partial charge in [-0.15, -0.1) is 0 Å². The first-order valence-electron chi connectivity index (χ1n) is 13.4. The number of hydrogen-bond donors (Lipinski definition) is 3. The van der Waals surface area contributed by atoms with Crippen molar-refractivity contribution < 1.29 is 14.3 Å². The smallest absolute Gasteiger partial charge is 0.257 e. The van der Waals surface area contributed by atoms with Crippen molar-refractivity contribution in [3.05, 3.63) is 59.2 Å². The lowest BCUT2D eigenvalue weighted by Crippen LogP contribution is -2.43. The number of ether oxygens (including phenoxy) is 1. The molecule has 0 aromatic heterocycles. The van der Waals surface area contributed by atoms with E-state index < -0.39 is 0 Å². The van der Waals surface area contributed by atoms with Gasteiger partial charge in [-0.05, 0) is 92.7 Å². The third kappa shape index (κ3) is 6.52. The number of carbonyl (C=O) groups excluding carboxylic acids is 2. The summed E-state index contributed by atoms with van der Waals surface area (Å²) in [5, 5.41) is 9.52. The molecule has 3 aliphatic rings. The first-order chi connectivity index (χ1) is 17.7. The molecular weight excluding hydrogens is 452 g/mol. The van der Waals surface area contributed by atoms with Crippen molar-refractivity contribution in [2.75, 3.05) is 31.6 Å². The average molecular weight is 489 g/mol. The Morgan fingerprint density at radius 1 is 1.03 bits per heavy atom. The zero-order chi connectivity index (χ0) is 24.7. The zero-order valence-electron chi connectivity index (χ0n) is 20.9. The fourth-order valence-electron chi connectivity index (χ4n) is 5.00. The van der Waals surface area contributed by atoms with Crippen molar-refractivity contribution in [2.24, 2.45) is 10.9 Å². The number of Topliss-reactive ketones (excluding diaryl/α,β-unsaturated/α-hetero) is 1. The maximum atomic E-state index is 12.8. The minimum atomic E-state index is -0.148. The van der Waals surface area contributed by atoms with E-state index in [9.17, 15) is 9.59 Å². The lowest BCUT2D eigenvalue weighted by molar-refractivity contribution is 0.0629. The van der Waals surface area contributed by atoms with Gasteiger partial charge in [-0.3, -0.25) is 19.9 Å². The van der Waals surface area contributed by atoms with Crippen LogP contribution in [0.15, 0.2) is 47.5 Å². The highest BCUT2D eigenvalue weighted by molar-refractivity contribution is 6.06. The third-order valence-corrected chi connectivity index (χ3v) is 7.28. The van der Waals surface area contributed by atoms with Crippen LogP contribution in [0.1, 0.15) is 83.6 Å². The highest BCUT2D eigenvalue weighted by atomic mass is 16.5. The quantitative estimate of drug-likeness (QED) is 0.424. The Labute approximate surface area is 213 Å². The van der Waals surface area contributed by atoms with Crippen molar-refractivity contribution in [1.29, 1.82) is 0 Å². The van der Waals surface area contributed by atoms with E-state index in [1.54, 1.807) is 0 Å². The molecule has 190 valence electrons. The molecule has 2 heterocycles. The maximum absolute atomic E-state index is 12.8. The predicted molar refractivity (Wildman–Crippen MR) is 142 cm³/mol. The molecule has 1 saturated heterocycles. The Bertz CT molecular complexity index is 1120. The van der Waals surface area contributed by atoms with Crippen molar-refractivity contribution in [2.45, 2.75) is 57.3 Å². The van der Waals surface area contributed by atoms with E-state index >= 15 is 0 Å². The van der Waals surface area contributed by atoms with Gasteiger partial charge in [0, 0.05) is 55.2 Å². The Kier molecular flexibility index (Phi) is 7.96. The number of benzene rings is 2. The number of rotatable bonds is 9. The second kappa shape index (κ2) is 11.7. The molecule has 36 heavy (non-hydrogen) atoms. The van der Waals surface area contributed by atoms with Crippen LogP contribution in [0.4, 0.5) is 11.4 Å². The molecule has 1 aliphatic carbocycles. The van der Waals surface area contributed by atoms with E-state index in [0.29, 0.717) is 29.8 Å². The number of guanidine groups is 1. The molecule has 0 unspecified atom stereocenters. The molecular formula is C29H36N4O3. The van der Waals surface area contributed by atoms with Crippen molar-refractivity contribution in [3.63, 3.8) is 0 Å². The number of ketones is 1. The molecule has 0 spiro atoms. The summed E-state index contributed by atoms with van der Waals surface area (Å²) >= 11 is 0. The Balaban J connectivity index is 1.22. The van der Waals surface area contributed by atoms with Gasteiger partial charge in [0.1, 0.15) is 0 Å². The number of nitrogens with zero attached hydrogens (tertiary/aromatic N) is 1. The number of nitrogens with one attached hydrogen (secondary N) is 3. The number of anilines is 2. The van der Waals surface area contributed by atoms with Gasteiger partial charge in [0.25, 0.3) is 5.91 Å². The third-order valence-electron chi connectivity index (χ3n) is 7.28. The van der Waals surface area contributed by atoms with Crippen molar-refractivity contribution in [1.82, 2.24) is 10.6 Å². The van der Waals surface area contributed by atoms with Gasteiger partial charge in [-0.25, -0.2) is 0 Å². The molecule has 7 nitrogen and oxygen atoms in total. The number of carbonyl (C=O) groups is 2. The second-order valence-electron chi connectivity index (χ2n) is 10.1. The van der Waals surface area contributed by atoms with E-state index in [0.717, 1.165) is 93.8 Å². The lowest BCUT2D eigenvalue weighted by Gasteiger charge is -2.21. The van der Waals surface area contributed by atoms with Crippen LogP contribution in [0.2, 0.25) is 0 Å². The zero-order valence-corrected chi connectivity index (χ0v) is 20.9. The van der Waals surface area contributed by atoms with Gasteiger partial charge in [-0.2, -0.15) is 0 Å². The van der Waals surface area contributed by atoms with Gasteiger partial charge in [0.2, 0.25) is 0 Å². The number of aliphatic imine (C=N–C) groups is 1. The summed E-state index contributed by atoms with van der Waals surface area (Å²) in [6.45, 7) is 3.27. The van der Waals surface area contributed by atoms with E-state index in [1.807, 2.05) is 42.5 Å². The first kappa shape index (κ1) is 24.5. The van der Waals surface area contributed by atoms with E-state index in [2.05, 4.69) is 20.9 Å². The van der Waals surface area contributed by atoms with E-state index in [4.69, 9.17) is 4.74 Å². The topological polar surface area (TPSA) is 91.8 Å². The van der Waals surface area contributed by atoms with Crippen LogP contribution >= 0.6 is 0 Å². The summed E-state index contributed by atoms with van der Waals surface area (Å²) in [7, 11) is 0. The first-order valence-corrected chi connectivity index (χ1v) is 13.4. The molecule has 5 rings (SSSR count). The van der Waals surface area contributed by atoms with E-state index in [1.165, 1.54) is 0 Å². The number of hydrogen-bond acceptors (Lipinski definition) is 6. The summed E-state index contributed by atoms with van der Waals surface area (Å²) < 4.78 is 5.43. The highest BCUT2D eigenvalue weighted by Crippen LogP contribution is 2.44. The number of amides is 1. The molecule has 2 aromatic rings. The van der Waals surface area contributed by atoms with Gasteiger partial charge in [0.15, 0.2) is 11.7 Å². The summed E-state index contributed by atoms with van der Waals surface area (Å²) in [6.07, 6.45) is 8.07. The SMILES string of the molecule is O=C(CCCC1CCOCC1)c1cccc(Nc2ccc(C(=O)NC3=NCCCN3)cc2C2CC2)c1. The fourth-order valence-corrected chi connectivity index (χ4v) is 5.00. The van der Waals surface area contributed by atoms with Crippen LogP contribution in [0.3, 0.4) is 0 Å². The van der Waals surface area contributed by atoms with Gasteiger partial charge in [-0.1, -0.05) is 12.1 Å². The van der Waals surface area contributed by atoms with Crippen LogP contribution in [-0.2, 0) is 4.74 Å². The summed E-state index contributed by atoms with van der Waals surface area (Å²) in [5.41, 5.74) is 4.41. The molecule has 2 aromatic carbocycles. The van der Waals surface area contributed by atoms with Crippen molar-refractivity contribution in [3.8, 4) is 0 Å². The largest absolute Gasteiger partial charge is 0.381 e. The molecule has 1 amide bonds. The summed E-state index contributed by atoms with van der Waals surface area (Å²) in [6, 6.07) is 13.6. The minimum Gasteiger partial charge on any atom is -0.381 e. The van der Waals surface area contributed by atoms with Crippen LogP contribution < -0.4 is 16.0 Å². The Hall–Kier alpha value is -3.19. The predicted octanol–water partition coefficient (Wildman–Crippen LogP) is 5.17. The van der Waals surface area contributed by atoms with Crippen LogP contribution in [0, 0.1) is 5.92 Å². The van der Waals surface area contributed by atoms with Crippen LogP contribution in [-0.4, -0.2) is 44.0 Å². The van der Waals surface area contributed by atoms with Gasteiger partial charge < -0.3 is 15.4 Å². The van der Waals surface area contributed by atoms with Crippen LogP contribution in [0.5, 0.6) is 0 Å². The molecule has 1 saturated carbocycles. The Morgan fingerprint density at radius 3 is 2.67 bits per heavy atom. The maximum Gasteiger partial charge on any atom is 0.257 e. The van der Waals surface area contributed by atoms with Crippen LogP contribution in [0.25, 0.3) is 0 Å². The average Bonchev–Trinajstić information content (AvgIpc) is 3.76.